The summed E-state index contributed by atoms with van der Waals surface area (Å²) in [6, 6.07) is 8.68. The van der Waals surface area contributed by atoms with Crippen molar-refractivity contribution < 1.29 is 10.4 Å². The van der Waals surface area contributed by atoms with Gasteiger partial charge in [0.2, 0.25) is 0 Å². The lowest BCUT2D eigenvalue weighted by molar-refractivity contribution is 0.315. The number of halogens is 1. The van der Waals surface area contributed by atoms with E-state index in [-0.39, 0.29) is 10.9 Å². The molecule has 0 bridgehead atoms. The van der Waals surface area contributed by atoms with Crippen LogP contribution in [0.4, 0.5) is 0 Å². The Balaban J connectivity index is 3.07. The summed E-state index contributed by atoms with van der Waals surface area (Å²) in [6.45, 7) is 0. The molecule has 0 amide bonds. The molecule has 0 heterocycles. The Hall–Kier alpha value is -1.55. The van der Waals surface area contributed by atoms with Gasteiger partial charge in [-0.1, -0.05) is 52.2 Å². The van der Waals surface area contributed by atoms with Crippen molar-refractivity contribution in [2.45, 2.75) is 0 Å². The molecule has 68 valence electrons. The fraction of sp³-hybridized carbons (Fsp3) is 0. The van der Waals surface area contributed by atoms with Crippen LogP contribution in [0.1, 0.15) is 5.56 Å². The van der Waals surface area contributed by atoms with Gasteiger partial charge in [-0.2, -0.15) is 0 Å². The van der Waals surface area contributed by atoms with E-state index >= 15 is 0 Å². The van der Waals surface area contributed by atoms with Crippen molar-refractivity contribution in [2.24, 2.45) is 10.3 Å². The van der Waals surface area contributed by atoms with Crippen LogP contribution in [0.2, 0.25) is 0 Å². The van der Waals surface area contributed by atoms with E-state index < -0.39 is 0 Å². The summed E-state index contributed by atoms with van der Waals surface area (Å²) in [6.07, 6.45) is 0. The molecule has 0 radical (unpaired) electrons. The van der Waals surface area contributed by atoms with Crippen LogP contribution in [-0.2, 0) is 0 Å². The lowest BCUT2D eigenvalue weighted by Gasteiger charge is -1.99. The van der Waals surface area contributed by atoms with E-state index in [0.717, 1.165) is 0 Å². The van der Waals surface area contributed by atoms with Gasteiger partial charge in [0, 0.05) is 5.56 Å². The van der Waals surface area contributed by atoms with Gasteiger partial charge in [-0.05, 0) is 0 Å². The molecule has 1 aromatic rings. The van der Waals surface area contributed by atoms with Crippen LogP contribution in [0.15, 0.2) is 40.6 Å². The third-order valence-electron chi connectivity index (χ3n) is 1.43. The summed E-state index contributed by atoms with van der Waals surface area (Å²) >= 11 is 5.48. The fourth-order valence-electron chi connectivity index (χ4n) is 0.861. The van der Waals surface area contributed by atoms with Crippen LogP contribution in [0.25, 0.3) is 0 Å². The van der Waals surface area contributed by atoms with Gasteiger partial charge >= 0.3 is 0 Å². The number of nitrogens with zero attached hydrogens (tertiary/aromatic N) is 2. The summed E-state index contributed by atoms with van der Waals surface area (Å²) in [7, 11) is 0. The van der Waals surface area contributed by atoms with Crippen molar-refractivity contribution >= 4 is 22.5 Å². The zero-order valence-electron chi connectivity index (χ0n) is 6.55. The molecular weight excluding hydrogens is 192 g/mol. The molecule has 0 fully saturated rings. The SMILES string of the molecule is O/N=C(Cl)/C(=N\O)c1ccccc1. The van der Waals surface area contributed by atoms with Gasteiger partial charge in [-0.3, -0.25) is 0 Å². The highest BCUT2D eigenvalue weighted by atomic mass is 35.5. The first-order chi connectivity index (χ1) is 6.29. The number of rotatable bonds is 2. The Morgan fingerprint density at radius 2 is 1.69 bits per heavy atom. The first-order valence-electron chi connectivity index (χ1n) is 3.45. The number of hydrogen-bond donors (Lipinski definition) is 2. The predicted molar refractivity (Wildman–Crippen MR) is 49.8 cm³/mol. The highest BCUT2D eigenvalue weighted by Crippen LogP contribution is 2.04. The maximum absolute atomic E-state index is 8.59. The van der Waals surface area contributed by atoms with Gasteiger partial charge in [0.1, 0.15) is 0 Å². The number of benzene rings is 1. The van der Waals surface area contributed by atoms with E-state index in [1.165, 1.54) is 0 Å². The average molecular weight is 199 g/mol. The van der Waals surface area contributed by atoms with Gasteiger partial charge < -0.3 is 10.4 Å². The minimum absolute atomic E-state index is 0.0322. The van der Waals surface area contributed by atoms with Gasteiger partial charge in [-0.25, -0.2) is 0 Å². The lowest BCUT2D eigenvalue weighted by Crippen LogP contribution is -2.09. The zero-order chi connectivity index (χ0) is 9.68. The normalized spacial score (nSPS) is 13.0. The molecule has 2 N–H and O–H groups in total. The molecule has 0 saturated carbocycles. The Morgan fingerprint density at radius 3 is 2.15 bits per heavy atom. The van der Waals surface area contributed by atoms with Crippen LogP contribution in [0, 0.1) is 0 Å². The molecule has 0 unspecified atom stereocenters. The molecule has 0 spiro atoms. The van der Waals surface area contributed by atoms with Crippen molar-refractivity contribution in [2.75, 3.05) is 0 Å². The first-order valence-corrected chi connectivity index (χ1v) is 3.82. The molecule has 5 heteroatoms. The summed E-state index contributed by atoms with van der Waals surface area (Å²) in [5.41, 5.74) is 0.609. The molecule has 0 saturated heterocycles. The largest absolute Gasteiger partial charge is 0.410 e. The second-order valence-corrected chi connectivity index (χ2v) is 2.56. The highest BCUT2D eigenvalue weighted by Gasteiger charge is 2.09. The van der Waals surface area contributed by atoms with E-state index in [4.69, 9.17) is 22.0 Å². The Morgan fingerprint density at radius 1 is 1.08 bits per heavy atom. The van der Waals surface area contributed by atoms with Gasteiger partial charge in [0.25, 0.3) is 0 Å². The molecule has 0 atom stereocenters. The summed E-state index contributed by atoms with van der Waals surface area (Å²) < 4.78 is 0. The zero-order valence-corrected chi connectivity index (χ0v) is 7.31. The third kappa shape index (κ3) is 2.19. The molecule has 13 heavy (non-hydrogen) atoms. The van der Waals surface area contributed by atoms with E-state index in [1.807, 2.05) is 6.07 Å². The molecule has 4 nitrogen and oxygen atoms in total. The fourth-order valence-corrected chi connectivity index (χ4v) is 1.01. The van der Waals surface area contributed by atoms with Crippen molar-refractivity contribution in [3.05, 3.63) is 35.9 Å². The van der Waals surface area contributed by atoms with Gasteiger partial charge in [0.05, 0.1) is 0 Å². The Kier molecular flexibility index (Phi) is 3.28. The van der Waals surface area contributed by atoms with E-state index in [2.05, 4.69) is 10.3 Å². The predicted octanol–water partition coefficient (Wildman–Crippen LogP) is 1.89. The molecule has 0 aliphatic heterocycles. The van der Waals surface area contributed by atoms with Crippen molar-refractivity contribution in [1.82, 2.24) is 0 Å². The lowest BCUT2D eigenvalue weighted by atomic mass is 10.1. The highest BCUT2D eigenvalue weighted by molar-refractivity contribution is 6.85. The molecule has 1 aromatic carbocycles. The van der Waals surface area contributed by atoms with Crippen LogP contribution in [0.3, 0.4) is 0 Å². The van der Waals surface area contributed by atoms with E-state index in [1.54, 1.807) is 24.3 Å². The molecule has 1 rings (SSSR count). The van der Waals surface area contributed by atoms with Crippen LogP contribution in [-0.4, -0.2) is 21.3 Å². The van der Waals surface area contributed by atoms with E-state index in [0.29, 0.717) is 5.56 Å². The van der Waals surface area contributed by atoms with Crippen molar-refractivity contribution in [3.8, 4) is 0 Å². The quantitative estimate of drug-likeness (QED) is 0.433. The molecule has 0 aromatic heterocycles. The maximum atomic E-state index is 8.59. The first kappa shape index (κ1) is 9.54. The van der Waals surface area contributed by atoms with Gasteiger partial charge in [0.15, 0.2) is 10.9 Å². The Bertz CT molecular complexity index is 335. The van der Waals surface area contributed by atoms with E-state index in [9.17, 15) is 0 Å². The van der Waals surface area contributed by atoms with Crippen LogP contribution >= 0.6 is 11.6 Å². The van der Waals surface area contributed by atoms with Crippen molar-refractivity contribution in [1.29, 1.82) is 0 Å². The number of hydrogen-bond acceptors (Lipinski definition) is 4. The monoisotopic (exact) mass is 198 g/mol. The Labute approximate surface area is 79.8 Å². The summed E-state index contributed by atoms with van der Waals surface area (Å²) in [5.74, 6) is 0. The maximum Gasteiger partial charge on any atom is 0.197 e. The summed E-state index contributed by atoms with van der Waals surface area (Å²) in [5, 5.41) is 22.3. The molecule has 0 aliphatic rings. The number of oxime groups is 2. The minimum atomic E-state index is -0.256. The average Bonchev–Trinajstić information content (AvgIpc) is 2.20. The second-order valence-electron chi connectivity index (χ2n) is 2.21. The van der Waals surface area contributed by atoms with Crippen LogP contribution < -0.4 is 0 Å². The van der Waals surface area contributed by atoms with Crippen LogP contribution in [0.5, 0.6) is 0 Å². The smallest absolute Gasteiger partial charge is 0.197 e. The standard InChI is InChI=1S/C8H7ClN2O2/c9-8(11-13)7(10-12)6-4-2-1-3-5-6/h1-5,12-13H/b10-7-,11-8-. The second kappa shape index (κ2) is 4.47. The summed E-state index contributed by atoms with van der Waals surface area (Å²) in [4.78, 5) is 0. The van der Waals surface area contributed by atoms with Crippen molar-refractivity contribution in [3.63, 3.8) is 0 Å². The molecular formula is C8H7ClN2O2. The topological polar surface area (TPSA) is 65.2 Å². The minimum Gasteiger partial charge on any atom is -0.410 e. The molecule has 0 aliphatic carbocycles. The van der Waals surface area contributed by atoms with Gasteiger partial charge in [-0.15, -0.1) is 0 Å². The third-order valence-corrected chi connectivity index (χ3v) is 1.69.